The van der Waals surface area contributed by atoms with Crippen molar-refractivity contribution >= 4 is 6.09 Å². The van der Waals surface area contributed by atoms with Gasteiger partial charge in [-0.3, -0.25) is 0 Å². The van der Waals surface area contributed by atoms with Gasteiger partial charge < -0.3 is 10.1 Å². The molecule has 0 aromatic heterocycles. The maximum atomic E-state index is 10.9. The molecule has 1 atom stereocenters. The van der Waals surface area contributed by atoms with Crippen LogP contribution in [0.25, 0.3) is 0 Å². The first-order valence-corrected chi connectivity index (χ1v) is 4.68. The van der Waals surface area contributed by atoms with Crippen LogP contribution >= 0.6 is 0 Å². The number of hydrogen-bond acceptors (Lipinski definition) is 2. The molecule has 1 aliphatic rings. The smallest absolute Gasteiger partial charge is 0.407 e. The largest absolute Gasteiger partial charge is 0.439 e. The van der Waals surface area contributed by atoms with E-state index in [1.807, 2.05) is 13.8 Å². The predicted octanol–water partition coefficient (Wildman–Crippen LogP) is 2.08. The molecule has 14 heavy (non-hydrogen) atoms. The van der Waals surface area contributed by atoms with E-state index in [1.165, 1.54) is 11.1 Å². The Morgan fingerprint density at radius 3 is 2.43 bits per heavy atom. The molecular weight excluding hydrogens is 178 g/mol. The number of carbonyl (C=O) groups is 1. The Balaban J connectivity index is 2.27. The number of benzene rings is 1. The fraction of sp³-hybridized carbons (Fsp3) is 0.364. The highest BCUT2D eigenvalue weighted by Crippen LogP contribution is 2.22. The summed E-state index contributed by atoms with van der Waals surface area (Å²) in [5.74, 6) is 0. The van der Waals surface area contributed by atoms with Crippen LogP contribution in [-0.4, -0.2) is 12.6 Å². The molecule has 1 aromatic rings. The molecule has 1 unspecified atom stereocenters. The minimum absolute atomic E-state index is 0.124. The zero-order chi connectivity index (χ0) is 10.1. The first-order chi connectivity index (χ1) is 6.65. The Labute approximate surface area is 83.1 Å². The Hall–Kier alpha value is -1.51. The predicted molar refractivity (Wildman–Crippen MR) is 53.1 cm³/mol. The molecule has 2 rings (SSSR count). The second-order valence-electron chi connectivity index (χ2n) is 3.70. The summed E-state index contributed by atoms with van der Waals surface area (Å²) in [4.78, 5) is 10.9. The molecule has 1 fully saturated rings. The SMILES string of the molecule is Cc1cc(C)cc(C2CNC(=O)O2)c1. The summed E-state index contributed by atoms with van der Waals surface area (Å²) in [7, 11) is 0. The van der Waals surface area contributed by atoms with E-state index in [9.17, 15) is 4.79 Å². The van der Waals surface area contributed by atoms with Crippen molar-refractivity contribution in [3.8, 4) is 0 Å². The van der Waals surface area contributed by atoms with Gasteiger partial charge in [-0.25, -0.2) is 4.79 Å². The van der Waals surface area contributed by atoms with Crippen molar-refractivity contribution < 1.29 is 9.53 Å². The van der Waals surface area contributed by atoms with Crippen molar-refractivity contribution in [2.45, 2.75) is 20.0 Å². The normalized spacial score (nSPS) is 20.4. The van der Waals surface area contributed by atoms with Gasteiger partial charge in [-0.05, 0) is 19.4 Å². The maximum absolute atomic E-state index is 10.9. The Kier molecular flexibility index (Phi) is 2.15. The lowest BCUT2D eigenvalue weighted by Gasteiger charge is -2.09. The number of ether oxygens (including phenoxy) is 1. The summed E-state index contributed by atoms with van der Waals surface area (Å²) >= 11 is 0. The average Bonchev–Trinajstić information content (AvgIpc) is 2.50. The molecule has 1 aliphatic heterocycles. The van der Waals surface area contributed by atoms with E-state index >= 15 is 0 Å². The van der Waals surface area contributed by atoms with Crippen LogP contribution in [0, 0.1) is 13.8 Å². The van der Waals surface area contributed by atoms with Crippen LogP contribution in [0.2, 0.25) is 0 Å². The molecule has 1 heterocycles. The summed E-state index contributed by atoms with van der Waals surface area (Å²) in [6.45, 7) is 4.66. The minimum Gasteiger partial charge on any atom is -0.439 e. The Morgan fingerprint density at radius 1 is 1.29 bits per heavy atom. The number of aryl methyl sites for hydroxylation is 2. The number of carbonyl (C=O) groups excluding carboxylic acids is 1. The van der Waals surface area contributed by atoms with Crippen LogP contribution in [0.3, 0.4) is 0 Å². The van der Waals surface area contributed by atoms with Gasteiger partial charge in [0, 0.05) is 0 Å². The molecule has 74 valence electrons. The van der Waals surface area contributed by atoms with E-state index in [4.69, 9.17) is 4.74 Å². The zero-order valence-electron chi connectivity index (χ0n) is 8.33. The summed E-state index contributed by atoms with van der Waals surface area (Å²) in [5.41, 5.74) is 3.46. The molecule has 1 amide bonds. The van der Waals surface area contributed by atoms with Crippen molar-refractivity contribution in [1.29, 1.82) is 0 Å². The van der Waals surface area contributed by atoms with Gasteiger partial charge in [0.05, 0.1) is 6.54 Å². The van der Waals surface area contributed by atoms with Crippen LogP contribution in [0.1, 0.15) is 22.8 Å². The van der Waals surface area contributed by atoms with Gasteiger partial charge >= 0.3 is 6.09 Å². The Morgan fingerprint density at radius 2 is 1.93 bits per heavy atom. The first-order valence-electron chi connectivity index (χ1n) is 4.68. The van der Waals surface area contributed by atoms with Crippen LogP contribution in [0.4, 0.5) is 4.79 Å². The van der Waals surface area contributed by atoms with E-state index in [0.717, 1.165) is 5.56 Å². The number of rotatable bonds is 1. The van der Waals surface area contributed by atoms with E-state index in [1.54, 1.807) is 0 Å². The molecule has 1 aromatic carbocycles. The second-order valence-corrected chi connectivity index (χ2v) is 3.70. The third kappa shape index (κ3) is 1.71. The third-order valence-electron chi connectivity index (χ3n) is 2.30. The van der Waals surface area contributed by atoms with Gasteiger partial charge in [0.1, 0.15) is 6.10 Å². The lowest BCUT2D eigenvalue weighted by atomic mass is 10.0. The molecule has 3 nitrogen and oxygen atoms in total. The quantitative estimate of drug-likeness (QED) is 0.738. The summed E-state index contributed by atoms with van der Waals surface area (Å²) in [6, 6.07) is 6.21. The van der Waals surface area contributed by atoms with Gasteiger partial charge in [-0.2, -0.15) is 0 Å². The van der Waals surface area contributed by atoms with Gasteiger partial charge in [0.15, 0.2) is 0 Å². The molecule has 1 N–H and O–H groups in total. The summed E-state index contributed by atoms with van der Waals surface area (Å²) in [6.07, 6.45) is -0.449. The van der Waals surface area contributed by atoms with Crippen molar-refractivity contribution in [1.82, 2.24) is 5.32 Å². The lowest BCUT2D eigenvalue weighted by molar-refractivity contribution is 0.141. The van der Waals surface area contributed by atoms with Crippen LogP contribution in [-0.2, 0) is 4.74 Å². The molecule has 1 saturated heterocycles. The Bertz CT molecular complexity index is 353. The zero-order valence-corrected chi connectivity index (χ0v) is 8.33. The standard InChI is InChI=1S/C11H13NO2/c1-7-3-8(2)5-9(4-7)10-6-12-11(13)14-10/h3-5,10H,6H2,1-2H3,(H,12,13). The number of nitrogens with one attached hydrogen (secondary N) is 1. The highest BCUT2D eigenvalue weighted by atomic mass is 16.6. The van der Waals surface area contributed by atoms with Crippen molar-refractivity contribution in [3.63, 3.8) is 0 Å². The fourth-order valence-corrected chi connectivity index (χ4v) is 1.77. The molecule has 3 heteroatoms. The van der Waals surface area contributed by atoms with Crippen LogP contribution in [0.5, 0.6) is 0 Å². The highest BCUT2D eigenvalue weighted by molar-refractivity contribution is 5.69. The van der Waals surface area contributed by atoms with E-state index in [2.05, 4.69) is 23.5 Å². The number of amides is 1. The average molecular weight is 191 g/mol. The highest BCUT2D eigenvalue weighted by Gasteiger charge is 2.24. The molecule has 0 aliphatic carbocycles. The third-order valence-corrected chi connectivity index (χ3v) is 2.30. The van der Waals surface area contributed by atoms with E-state index in [-0.39, 0.29) is 12.2 Å². The van der Waals surface area contributed by atoms with Crippen molar-refractivity contribution in [3.05, 3.63) is 34.9 Å². The number of hydrogen-bond donors (Lipinski definition) is 1. The molecule has 0 spiro atoms. The lowest BCUT2D eigenvalue weighted by Crippen LogP contribution is -2.12. The van der Waals surface area contributed by atoms with E-state index in [0.29, 0.717) is 6.54 Å². The van der Waals surface area contributed by atoms with Gasteiger partial charge in [-0.1, -0.05) is 29.3 Å². The van der Waals surface area contributed by atoms with Crippen LogP contribution < -0.4 is 5.32 Å². The van der Waals surface area contributed by atoms with Crippen LogP contribution in [0.15, 0.2) is 18.2 Å². The molecule has 0 bridgehead atoms. The number of alkyl carbamates (subject to hydrolysis) is 1. The fourth-order valence-electron chi connectivity index (χ4n) is 1.77. The van der Waals surface area contributed by atoms with Gasteiger partial charge in [0.2, 0.25) is 0 Å². The van der Waals surface area contributed by atoms with Gasteiger partial charge in [-0.15, -0.1) is 0 Å². The summed E-state index contributed by atoms with van der Waals surface area (Å²) < 4.78 is 5.11. The molecule has 0 radical (unpaired) electrons. The molecular formula is C11H13NO2. The second kappa shape index (κ2) is 3.33. The first kappa shape index (κ1) is 9.06. The van der Waals surface area contributed by atoms with Gasteiger partial charge in [0.25, 0.3) is 0 Å². The van der Waals surface area contributed by atoms with E-state index < -0.39 is 0 Å². The maximum Gasteiger partial charge on any atom is 0.407 e. The monoisotopic (exact) mass is 191 g/mol. The minimum atomic E-state index is -0.325. The van der Waals surface area contributed by atoms with Crippen molar-refractivity contribution in [2.24, 2.45) is 0 Å². The van der Waals surface area contributed by atoms with Crippen molar-refractivity contribution in [2.75, 3.05) is 6.54 Å². The molecule has 0 saturated carbocycles. The summed E-state index contributed by atoms with van der Waals surface area (Å²) in [5, 5.41) is 2.65. The number of cyclic esters (lactones) is 1. The topological polar surface area (TPSA) is 38.3 Å².